The van der Waals surface area contributed by atoms with Gasteiger partial charge < -0.3 is 10.2 Å². The highest BCUT2D eigenvalue weighted by molar-refractivity contribution is 14.0. The quantitative estimate of drug-likeness (QED) is 0.344. The summed E-state index contributed by atoms with van der Waals surface area (Å²) >= 11 is 0. The van der Waals surface area contributed by atoms with Crippen LogP contribution in [0.4, 0.5) is 0 Å². The second-order valence-corrected chi connectivity index (χ2v) is 10.0. The molecule has 28 heavy (non-hydrogen) atoms. The van der Waals surface area contributed by atoms with Gasteiger partial charge in [-0.25, -0.2) is 13.1 Å². The third-order valence-electron chi connectivity index (χ3n) is 5.61. The number of guanidine groups is 1. The highest BCUT2D eigenvalue weighted by atomic mass is 127. The lowest BCUT2D eigenvalue weighted by Gasteiger charge is -2.38. The van der Waals surface area contributed by atoms with Crippen molar-refractivity contribution in [1.29, 1.82) is 0 Å². The van der Waals surface area contributed by atoms with E-state index in [1.54, 1.807) is 0 Å². The molecule has 158 valence electrons. The van der Waals surface area contributed by atoms with Gasteiger partial charge in [-0.15, -0.1) is 24.0 Å². The van der Waals surface area contributed by atoms with Crippen LogP contribution < -0.4 is 10.0 Å². The lowest BCUT2D eigenvalue weighted by atomic mass is 9.68. The first kappa shape index (κ1) is 23.4. The largest absolute Gasteiger partial charge is 0.352 e. The Hall–Kier alpha value is -0.870. The van der Waals surface area contributed by atoms with Gasteiger partial charge in [0.2, 0.25) is 10.0 Å². The first-order valence-corrected chi connectivity index (χ1v) is 11.5. The number of nitrogens with one attached hydrogen (secondary N) is 2. The van der Waals surface area contributed by atoms with Crippen molar-refractivity contribution in [1.82, 2.24) is 14.9 Å². The molecule has 0 unspecified atom stereocenters. The molecule has 0 amide bonds. The molecular formula is C20H33IN4O2S. The maximum atomic E-state index is 12.0. The molecule has 8 heteroatoms. The molecule has 1 aromatic carbocycles. The predicted octanol–water partition coefficient (Wildman–Crippen LogP) is 3.08. The van der Waals surface area contributed by atoms with Gasteiger partial charge in [0.05, 0.1) is 5.75 Å². The van der Waals surface area contributed by atoms with Gasteiger partial charge in [-0.2, -0.15) is 0 Å². The summed E-state index contributed by atoms with van der Waals surface area (Å²) in [4.78, 5) is 6.82. The normalized spacial score (nSPS) is 18.9. The second kappa shape index (κ2) is 9.75. The fraction of sp³-hybridized carbons (Fsp3) is 0.650. The standard InChI is InChI=1S/C20H32N4O2S.HI/c1-16(2)23-27(25,26)14-18-7-5-17(6-8-18)13-22-19(21-3)24-12-11-20(15-24)9-4-10-20;/h5-8,16,23H,4,9-15H2,1-3H3,(H,21,22);1H. The molecule has 1 saturated carbocycles. The van der Waals surface area contributed by atoms with Gasteiger partial charge in [-0.1, -0.05) is 30.7 Å². The zero-order chi connectivity index (χ0) is 19.5. The minimum Gasteiger partial charge on any atom is -0.352 e. The van der Waals surface area contributed by atoms with Crippen LogP contribution in [0.5, 0.6) is 0 Å². The van der Waals surface area contributed by atoms with Crippen molar-refractivity contribution >= 4 is 40.0 Å². The number of hydrogen-bond acceptors (Lipinski definition) is 3. The van der Waals surface area contributed by atoms with E-state index in [0.29, 0.717) is 12.0 Å². The van der Waals surface area contributed by atoms with Crippen LogP contribution >= 0.6 is 24.0 Å². The number of nitrogens with zero attached hydrogens (tertiary/aromatic N) is 2. The van der Waals surface area contributed by atoms with Crippen LogP contribution in [0.1, 0.15) is 50.7 Å². The SMILES string of the molecule is CN=C(NCc1ccc(CS(=O)(=O)NC(C)C)cc1)N1CCC2(CCC2)C1.I. The van der Waals surface area contributed by atoms with Gasteiger partial charge in [0.15, 0.2) is 5.96 Å². The maximum Gasteiger partial charge on any atom is 0.216 e. The monoisotopic (exact) mass is 520 g/mol. The average molecular weight is 520 g/mol. The number of likely N-dealkylation sites (tertiary alicyclic amines) is 1. The highest BCUT2D eigenvalue weighted by Gasteiger charge is 2.43. The minimum atomic E-state index is -3.29. The number of rotatable bonds is 6. The Morgan fingerprint density at radius 2 is 1.82 bits per heavy atom. The molecule has 0 atom stereocenters. The van der Waals surface area contributed by atoms with E-state index in [1.807, 2.05) is 45.2 Å². The van der Waals surface area contributed by atoms with Gasteiger partial charge in [0.1, 0.15) is 0 Å². The summed E-state index contributed by atoms with van der Waals surface area (Å²) in [5.41, 5.74) is 2.46. The molecule has 6 nitrogen and oxygen atoms in total. The topological polar surface area (TPSA) is 73.8 Å². The van der Waals surface area contributed by atoms with Crippen LogP contribution in [-0.2, 0) is 22.3 Å². The fourth-order valence-electron chi connectivity index (χ4n) is 4.09. The molecule has 1 heterocycles. The molecule has 0 bridgehead atoms. The van der Waals surface area contributed by atoms with Crippen molar-refractivity contribution in [2.45, 2.75) is 57.9 Å². The number of sulfonamides is 1. The lowest BCUT2D eigenvalue weighted by Crippen LogP contribution is -2.42. The first-order chi connectivity index (χ1) is 12.8. The summed E-state index contributed by atoms with van der Waals surface area (Å²) < 4.78 is 26.7. The third-order valence-corrected chi connectivity index (χ3v) is 7.15. The summed E-state index contributed by atoms with van der Waals surface area (Å²) in [6, 6.07) is 7.65. The molecule has 1 aliphatic heterocycles. The zero-order valence-electron chi connectivity index (χ0n) is 17.1. The van der Waals surface area contributed by atoms with Crippen LogP contribution in [-0.4, -0.2) is 45.5 Å². The van der Waals surface area contributed by atoms with Gasteiger partial charge in [-0.05, 0) is 49.7 Å². The molecule has 2 aliphatic rings. The Morgan fingerprint density at radius 3 is 2.32 bits per heavy atom. The van der Waals surface area contributed by atoms with Crippen LogP contribution in [0, 0.1) is 5.41 Å². The Labute approximate surface area is 186 Å². The molecule has 3 rings (SSSR count). The minimum absolute atomic E-state index is 0. The van der Waals surface area contributed by atoms with E-state index in [9.17, 15) is 8.42 Å². The summed E-state index contributed by atoms with van der Waals surface area (Å²) in [6.07, 6.45) is 5.36. The van der Waals surface area contributed by atoms with Crippen molar-refractivity contribution in [2.75, 3.05) is 20.1 Å². The summed E-state index contributed by atoms with van der Waals surface area (Å²) in [6.45, 7) is 6.54. The highest BCUT2D eigenvalue weighted by Crippen LogP contribution is 2.47. The van der Waals surface area contributed by atoms with Crippen molar-refractivity contribution in [3.8, 4) is 0 Å². The van der Waals surface area contributed by atoms with Gasteiger partial charge in [0.25, 0.3) is 0 Å². The molecule has 1 saturated heterocycles. The first-order valence-electron chi connectivity index (χ1n) is 9.84. The molecule has 1 aliphatic carbocycles. The third kappa shape index (κ3) is 6.06. The van der Waals surface area contributed by atoms with E-state index in [1.165, 1.54) is 25.7 Å². The molecule has 2 N–H and O–H groups in total. The summed E-state index contributed by atoms with van der Waals surface area (Å²) in [5, 5.41) is 3.45. The number of halogens is 1. The van der Waals surface area contributed by atoms with Gasteiger partial charge in [0, 0.05) is 32.7 Å². The van der Waals surface area contributed by atoms with E-state index >= 15 is 0 Å². The van der Waals surface area contributed by atoms with E-state index in [-0.39, 0.29) is 35.8 Å². The van der Waals surface area contributed by atoms with E-state index in [2.05, 4.69) is 19.9 Å². The molecule has 1 aromatic rings. The van der Waals surface area contributed by atoms with E-state index in [0.717, 1.165) is 30.2 Å². The molecular weight excluding hydrogens is 487 g/mol. The molecule has 0 aromatic heterocycles. The predicted molar refractivity (Wildman–Crippen MR) is 125 cm³/mol. The van der Waals surface area contributed by atoms with Gasteiger partial charge in [-0.3, -0.25) is 4.99 Å². The molecule has 2 fully saturated rings. The summed E-state index contributed by atoms with van der Waals surface area (Å²) in [5.74, 6) is 0.975. The van der Waals surface area contributed by atoms with Gasteiger partial charge >= 0.3 is 0 Å². The van der Waals surface area contributed by atoms with Crippen LogP contribution in [0.25, 0.3) is 0 Å². The van der Waals surface area contributed by atoms with Crippen molar-refractivity contribution < 1.29 is 8.42 Å². The van der Waals surface area contributed by atoms with E-state index in [4.69, 9.17) is 0 Å². The number of aliphatic imine (C=N–C) groups is 1. The van der Waals surface area contributed by atoms with Crippen molar-refractivity contribution in [3.63, 3.8) is 0 Å². The Bertz CT molecular complexity index is 774. The molecule has 1 spiro atoms. The summed E-state index contributed by atoms with van der Waals surface area (Å²) in [7, 11) is -1.45. The average Bonchev–Trinajstić information content (AvgIpc) is 3.01. The Morgan fingerprint density at radius 1 is 1.18 bits per heavy atom. The second-order valence-electron chi connectivity index (χ2n) is 8.27. The number of hydrogen-bond donors (Lipinski definition) is 2. The smallest absolute Gasteiger partial charge is 0.216 e. The number of benzene rings is 1. The maximum absolute atomic E-state index is 12.0. The van der Waals surface area contributed by atoms with Crippen LogP contribution in [0.3, 0.4) is 0 Å². The van der Waals surface area contributed by atoms with Crippen LogP contribution in [0.15, 0.2) is 29.3 Å². The Balaban J connectivity index is 0.00000280. The zero-order valence-corrected chi connectivity index (χ0v) is 20.2. The van der Waals surface area contributed by atoms with Crippen molar-refractivity contribution in [3.05, 3.63) is 35.4 Å². The van der Waals surface area contributed by atoms with Crippen LogP contribution in [0.2, 0.25) is 0 Å². The fourth-order valence-corrected chi connectivity index (χ4v) is 5.52. The van der Waals surface area contributed by atoms with Crippen molar-refractivity contribution in [2.24, 2.45) is 10.4 Å². The van der Waals surface area contributed by atoms with E-state index < -0.39 is 10.0 Å². The Kier molecular flexibility index (Phi) is 8.16. The molecule has 0 radical (unpaired) electrons. The lowest BCUT2D eigenvalue weighted by molar-refractivity contribution is 0.151.